The summed E-state index contributed by atoms with van der Waals surface area (Å²) in [5.41, 5.74) is 0. The van der Waals surface area contributed by atoms with Crippen LogP contribution >= 0.6 is 35.9 Å². The van der Waals surface area contributed by atoms with Crippen molar-refractivity contribution in [2.24, 2.45) is 0 Å². The Morgan fingerprint density at radius 2 is 1.31 bits per heavy atom. The number of hydrogen-bond acceptors (Lipinski definition) is 6. The van der Waals surface area contributed by atoms with Crippen molar-refractivity contribution in [2.75, 3.05) is 39.1 Å². The van der Waals surface area contributed by atoms with Crippen molar-refractivity contribution in [3.8, 4) is 0 Å². The van der Waals surface area contributed by atoms with Gasteiger partial charge in [-0.2, -0.15) is 0 Å². The third kappa shape index (κ3) is 8.98. The van der Waals surface area contributed by atoms with E-state index in [4.69, 9.17) is 9.05 Å². The molecule has 10 heteroatoms. The van der Waals surface area contributed by atoms with E-state index in [2.05, 4.69) is 18.9 Å². The minimum atomic E-state index is 0.0340. The monoisotopic (exact) mass is 304 g/mol. The molecule has 0 N–H and O–H groups in total. The van der Waals surface area contributed by atoms with Gasteiger partial charge in [0.2, 0.25) is 0 Å². The molecule has 94 valence electrons. The van der Waals surface area contributed by atoms with Gasteiger partial charge in [-0.1, -0.05) is 0 Å². The minimum Gasteiger partial charge on any atom is -0.350 e. The van der Waals surface area contributed by atoms with Crippen LogP contribution in [0, 0.1) is 0 Å². The van der Waals surface area contributed by atoms with Gasteiger partial charge in [-0.3, -0.25) is 18.9 Å². The topological polar surface area (TPSA) is 59.1 Å². The molecular formula is C6H16N2O4P4. The molecule has 6 nitrogen and oxygen atoms in total. The minimum absolute atomic E-state index is 0.0340. The zero-order valence-electron chi connectivity index (χ0n) is 8.82. The lowest BCUT2D eigenvalue weighted by Gasteiger charge is -2.23. The average Bonchev–Trinajstić information content (AvgIpc) is 2.27. The van der Waals surface area contributed by atoms with Crippen LogP contribution in [0.2, 0.25) is 0 Å². The second kappa shape index (κ2) is 12.4. The van der Waals surface area contributed by atoms with E-state index in [1.165, 1.54) is 0 Å². The lowest BCUT2D eigenvalue weighted by Crippen LogP contribution is -2.35. The first-order chi connectivity index (χ1) is 7.78. The molecule has 0 aromatic rings. The van der Waals surface area contributed by atoms with Gasteiger partial charge in [0.15, 0.2) is 16.9 Å². The Morgan fingerprint density at radius 3 is 1.69 bits per heavy atom. The first-order valence-corrected chi connectivity index (χ1v) is 7.38. The number of hydrogen-bond donors (Lipinski definition) is 0. The van der Waals surface area contributed by atoms with E-state index in [0.29, 0.717) is 39.1 Å². The molecule has 0 saturated heterocycles. The summed E-state index contributed by atoms with van der Waals surface area (Å²) in [5.74, 6) is 0. The Morgan fingerprint density at radius 1 is 0.875 bits per heavy atom. The molecule has 2 unspecified atom stereocenters. The highest BCUT2D eigenvalue weighted by atomic mass is 31.1. The zero-order valence-corrected chi connectivity index (χ0v) is 12.9. The fourth-order valence-electron chi connectivity index (χ4n) is 1.01. The molecule has 0 aromatic carbocycles. The van der Waals surface area contributed by atoms with Crippen molar-refractivity contribution in [3.05, 3.63) is 0 Å². The molecule has 0 bridgehead atoms. The van der Waals surface area contributed by atoms with Crippen molar-refractivity contribution < 1.29 is 18.2 Å². The third-order valence-corrected chi connectivity index (χ3v) is 3.09. The summed E-state index contributed by atoms with van der Waals surface area (Å²) in [6.07, 6.45) is 0.763. The lowest BCUT2D eigenvalue weighted by atomic mass is 10.5. The maximum atomic E-state index is 10.5. The van der Waals surface area contributed by atoms with Crippen molar-refractivity contribution in [2.45, 2.75) is 0 Å². The summed E-state index contributed by atoms with van der Waals surface area (Å²) >= 11 is 0. The fraction of sp³-hybridized carbons (Fsp3) is 1.00. The van der Waals surface area contributed by atoms with Gasteiger partial charge < -0.3 is 9.05 Å². The maximum absolute atomic E-state index is 10.5. The van der Waals surface area contributed by atoms with E-state index in [1.807, 2.05) is 9.80 Å². The summed E-state index contributed by atoms with van der Waals surface area (Å²) < 4.78 is 30.8. The molecule has 2 atom stereocenters. The van der Waals surface area contributed by atoms with Crippen molar-refractivity contribution in [1.29, 1.82) is 0 Å². The van der Waals surface area contributed by atoms with Crippen LogP contribution in [0.5, 0.6) is 0 Å². The van der Waals surface area contributed by atoms with Gasteiger partial charge in [0.05, 0.1) is 12.6 Å². The van der Waals surface area contributed by atoms with Gasteiger partial charge in [-0.05, 0) is 0 Å². The van der Waals surface area contributed by atoms with Gasteiger partial charge >= 0.3 is 0 Å². The van der Waals surface area contributed by atoms with Gasteiger partial charge in [0, 0.05) is 32.0 Å². The molecule has 0 saturated carbocycles. The Bertz CT molecular complexity index is 183. The highest BCUT2D eigenvalue weighted by Crippen LogP contribution is 2.05. The van der Waals surface area contributed by atoms with Crippen LogP contribution in [0.3, 0.4) is 0 Å². The standard InChI is InChI=1S/C6H16N2O4P4/c9-15-5-8(6-16-10)2-1-7(3-11-13)4-12-14/h1-6,13-14H2. The predicted octanol–water partition coefficient (Wildman–Crippen LogP) is 1.62. The molecule has 0 aliphatic carbocycles. The number of nitrogens with zero attached hydrogens (tertiary/aromatic N) is 2. The van der Waals surface area contributed by atoms with Crippen LogP contribution in [0.25, 0.3) is 0 Å². The average molecular weight is 304 g/mol. The van der Waals surface area contributed by atoms with E-state index >= 15 is 0 Å². The number of rotatable bonds is 11. The molecule has 0 aromatic heterocycles. The van der Waals surface area contributed by atoms with Crippen LogP contribution < -0.4 is 0 Å². The maximum Gasteiger partial charge on any atom is 0.170 e. The molecule has 0 aliphatic rings. The third-order valence-electron chi connectivity index (χ3n) is 1.76. The molecule has 0 spiro atoms. The molecular weight excluding hydrogens is 288 g/mol. The van der Waals surface area contributed by atoms with Crippen LogP contribution in [0.4, 0.5) is 0 Å². The zero-order chi connectivity index (χ0) is 12.2. The Kier molecular flexibility index (Phi) is 13.1. The van der Waals surface area contributed by atoms with Gasteiger partial charge in [-0.25, -0.2) is 0 Å². The highest BCUT2D eigenvalue weighted by Gasteiger charge is 2.08. The van der Waals surface area contributed by atoms with E-state index in [1.54, 1.807) is 0 Å². The molecule has 0 rings (SSSR count). The molecule has 16 heavy (non-hydrogen) atoms. The van der Waals surface area contributed by atoms with E-state index in [-0.39, 0.29) is 16.9 Å². The first-order valence-electron chi connectivity index (χ1n) is 4.44. The van der Waals surface area contributed by atoms with E-state index < -0.39 is 0 Å². The summed E-state index contributed by atoms with van der Waals surface area (Å²) in [4.78, 5) is 3.75. The summed E-state index contributed by atoms with van der Waals surface area (Å²) in [7, 11) is 4.41. The summed E-state index contributed by atoms with van der Waals surface area (Å²) in [6.45, 7) is 2.20. The second-order valence-corrected chi connectivity index (χ2v) is 4.67. The smallest absolute Gasteiger partial charge is 0.170 e. The van der Waals surface area contributed by atoms with Crippen LogP contribution in [0.15, 0.2) is 0 Å². The predicted molar refractivity (Wildman–Crippen MR) is 69.7 cm³/mol. The second-order valence-electron chi connectivity index (χ2n) is 2.92. The summed E-state index contributed by atoms with van der Waals surface area (Å²) in [6, 6.07) is 0. The molecule has 0 radical (unpaired) electrons. The Labute approximate surface area is 103 Å². The SMILES string of the molecule is O=PCN(CCN(COP)COP)CP=O. The van der Waals surface area contributed by atoms with Crippen LogP contribution in [-0.2, 0) is 18.2 Å². The fourth-order valence-corrected chi connectivity index (χ4v) is 2.40. The van der Waals surface area contributed by atoms with E-state index in [9.17, 15) is 9.13 Å². The van der Waals surface area contributed by atoms with Gasteiger partial charge in [0.1, 0.15) is 13.5 Å². The normalized spacial score (nSPS) is 12.0. The van der Waals surface area contributed by atoms with Crippen molar-refractivity contribution in [1.82, 2.24) is 9.80 Å². The van der Waals surface area contributed by atoms with Gasteiger partial charge in [-0.15, -0.1) is 0 Å². The van der Waals surface area contributed by atoms with Gasteiger partial charge in [0.25, 0.3) is 0 Å². The molecule has 0 aliphatic heterocycles. The highest BCUT2D eigenvalue weighted by molar-refractivity contribution is 7.24. The quantitative estimate of drug-likeness (QED) is 0.427. The van der Waals surface area contributed by atoms with Crippen molar-refractivity contribution >= 4 is 35.9 Å². The molecule has 0 fully saturated rings. The van der Waals surface area contributed by atoms with Crippen LogP contribution in [0.1, 0.15) is 0 Å². The van der Waals surface area contributed by atoms with Crippen molar-refractivity contribution in [3.63, 3.8) is 0 Å². The molecule has 0 amide bonds. The Balaban J connectivity index is 3.91. The summed E-state index contributed by atoms with van der Waals surface area (Å²) in [5, 5.41) is 0. The largest absolute Gasteiger partial charge is 0.350 e. The first kappa shape index (κ1) is 16.9. The van der Waals surface area contributed by atoms with Crippen LogP contribution in [-0.4, -0.2) is 48.9 Å². The molecule has 0 heterocycles. The lowest BCUT2D eigenvalue weighted by molar-refractivity contribution is 0.0660. The Hall–Kier alpha value is 0.900. The van der Waals surface area contributed by atoms with E-state index in [0.717, 1.165) is 0 Å².